The fourth-order valence-electron chi connectivity index (χ4n) is 2.30. The Kier molecular flexibility index (Phi) is 3.25. The van der Waals surface area contributed by atoms with Crippen LogP contribution in [0.25, 0.3) is 0 Å². The van der Waals surface area contributed by atoms with Crippen molar-refractivity contribution < 1.29 is 10.2 Å². The second-order valence-electron chi connectivity index (χ2n) is 4.80. The number of hydrogen-bond donors (Lipinski definition) is 2. The van der Waals surface area contributed by atoms with Gasteiger partial charge in [-0.1, -0.05) is 30.7 Å². The Morgan fingerprint density at radius 2 is 2.06 bits per heavy atom. The van der Waals surface area contributed by atoms with Crippen LogP contribution in [0.3, 0.4) is 0 Å². The summed E-state index contributed by atoms with van der Waals surface area (Å²) >= 11 is 6.17. The van der Waals surface area contributed by atoms with E-state index in [2.05, 4.69) is 11.9 Å². The Balaban J connectivity index is 2.43. The summed E-state index contributed by atoms with van der Waals surface area (Å²) in [5.74, 6) is 0. The monoisotopic (exact) mass is 253 g/mol. The number of nitrogens with zero attached hydrogens (tertiary/aromatic N) is 1. The largest absolute Gasteiger partial charge is 0.307 e. The highest BCUT2D eigenvalue weighted by molar-refractivity contribution is 6.31. The topological polar surface area (TPSA) is 37.4 Å². The van der Waals surface area contributed by atoms with Gasteiger partial charge in [0.05, 0.1) is 10.6 Å². The van der Waals surface area contributed by atoms with Crippen molar-refractivity contribution in [3.8, 4) is 0 Å². The molecule has 0 radical (unpaired) electrons. The molecule has 2 N–H and O–H groups in total. The Bertz CT molecular complexity index is 456. The molecule has 0 aliphatic carbocycles. The molecule has 0 saturated heterocycles. The van der Waals surface area contributed by atoms with E-state index in [1.54, 1.807) is 0 Å². The first-order valence-corrected chi connectivity index (χ1v) is 6.21. The minimum absolute atomic E-state index is 0.270. The lowest BCUT2D eigenvalue weighted by Gasteiger charge is -2.25. The van der Waals surface area contributed by atoms with E-state index in [0.29, 0.717) is 5.02 Å². The average molecular weight is 254 g/mol. The summed E-state index contributed by atoms with van der Waals surface area (Å²) in [5.41, 5.74) is 1.64. The van der Waals surface area contributed by atoms with Crippen molar-refractivity contribution >= 4 is 17.3 Å². The van der Waals surface area contributed by atoms with Crippen molar-refractivity contribution in [3.05, 3.63) is 34.9 Å². The highest BCUT2D eigenvalue weighted by Crippen LogP contribution is 2.29. The van der Waals surface area contributed by atoms with Crippen LogP contribution in [0.2, 0.25) is 5.02 Å². The molecule has 0 fully saturated rings. The highest BCUT2D eigenvalue weighted by atomic mass is 35.5. The molecule has 1 aromatic rings. The number of nitrogens with one attached hydrogen (secondary N) is 1. The molecular weight excluding hydrogens is 236 g/mol. The van der Waals surface area contributed by atoms with Crippen LogP contribution in [-0.2, 0) is 0 Å². The van der Waals surface area contributed by atoms with Crippen molar-refractivity contribution in [1.82, 2.24) is 5.06 Å². The number of rotatable bonds is 2. The molecule has 17 heavy (non-hydrogen) atoms. The summed E-state index contributed by atoms with van der Waals surface area (Å²) in [5, 5.41) is 12.3. The summed E-state index contributed by atoms with van der Waals surface area (Å²) in [6.07, 6.45) is 0.610. The first kappa shape index (κ1) is 12.6. The van der Waals surface area contributed by atoms with Crippen LogP contribution in [-0.4, -0.2) is 21.5 Å². The van der Waals surface area contributed by atoms with Crippen molar-refractivity contribution in [3.63, 3.8) is 0 Å². The van der Waals surface area contributed by atoms with Gasteiger partial charge >= 0.3 is 0 Å². The zero-order chi connectivity index (χ0) is 12.6. The van der Waals surface area contributed by atoms with Crippen molar-refractivity contribution in [2.75, 3.05) is 0 Å². The molecule has 0 saturated carbocycles. The number of benzene rings is 1. The van der Waals surface area contributed by atoms with E-state index < -0.39 is 0 Å². The van der Waals surface area contributed by atoms with Crippen molar-refractivity contribution in [2.24, 2.45) is 0 Å². The SMILES string of the molecule is CCC1=[NH+][C@H](c2ccccc2Cl)N(O)C1(C)C. The summed E-state index contributed by atoms with van der Waals surface area (Å²) in [6.45, 7) is 6.07. The fourth-order valence-corrected chi connectivity index (χ4v) is 2.54. The van der Waals surface area contributed by atoms with Gasteiger partial charge in [0, 0.05) is 6.42 Å². The second-order valence-corrected chi connectivity index (χ2v) is 5.21. The molecule has 4 heteroatoms. The Hall–Kier alpha value is -0.900. The molecule has 1 aliphatic rings. The summed E-state index contributed by atoms with van der Waals surface area (Å²) < 4.78 is 0. The van der Waals surface area contributed by atoms with E-state index >= 15 is 0 Å². The molecule has 2 rings (SSSR count). The van der Waals surface area contributed by atoms with Gasteiger partial charge < -0.3 is 5.21 Å². The van der Waals surface area contributed by atoms with Crippen LogP contribution < -0.4 is 4.99 Å². The van der Waals surface area contributed by atoms with Gasteiger partial charge in [-0.3, -0.25) is 0 Å². The molecule has 0 amide bonds. The molecule has 3 nitrogen and oxygen atoms in total. The van der Waals surface area contributed by atoms with E-state index in [1.165, 1.54) is 5.06 Å². The molecule has 1 heterocycles. The number of hydroxylamine groups is 2. The second kappa shape index (κ2) is 4.41. The number of hydrogen-bond acceptors (Lipinski definition) is 2. The average Bonchev–Trinajstić information content (AvgIpc) is 2.52. The minimum Gasteiger partial charge on any atom is -0.307 e. The van der Waals surface area contributed by atoms with Crippen LogP contribution in [0.5, 0.6) is 0 Å². The van der Waals surface area contributed by atoms with Gasteiger partial charge in [0.25, 0.3) is 6.17 Å². The summed E-state index contributed by atoms with van der Waals surface area (Å²) in [7, 11) is 0. The first-order chi connectivity index (χ1) is 7.98. The quantitative estimate of drug-likeness (QED) is 0.843. The summed E-state index contributed by atoms with van der Waals surface area (Å²) in [4.78, 5) is 3.35. The molecular formula is C13H18ClN2O+. The van der Waals surface area contributed by atoms with Gasteiger partial charge in [-0.15, -0.1) is 5.06 Å². The Morgan fingerprint density at radius 1 is 1.41 bits per heavy atom. The molecule has 1 aromatic carbocycles. The smallest absolute Gasteiger partial charge is 0.257 e. The zero-order valence-corrected chi connectivity index (χ0v) is 11.1. The van der Waals surface area contributed by atoms with Crippen molar-refractivity contribution in [2.45, 2.75) is 38.9 Å². The Labute approximate surface area is 107 Å². The van der Waals surface area contributed by atoms with E-state index in [0.717, 1.165) is 17.7 Å². The zero-order valence-electron chi connectivity index (χ0n) is 10.4. The van der Waals surface area contributed by atoms with Crippen LogP contribution in [0.15, 0.2) is 24.3 Å². The highest BCUT2D eigenvalue weighted by Gasteiger charge is 2.48. The van der Waals surface area contributed by atoms with Crippen LogP contribution in [0, 0.1) is 0 Å². The van der Waals surface area contributed by atoms with Gasteiger partial charge in [-0.05, 0) is 26.0 Å². The van der Waals surface area contributed by atoms with Gasteiger partial charge in [0.2, 0.25) is 0 Å². The molecule has 0 spiro atoms. The third-order valence-corrected chi connectivity index (χ3v) is 3.76. The lowest BCUT2D eigenvalue weighted by molar-refractivity contribution is -0.549. The third-order valence-electron chi connectivity index (χ3n) is 3.42. The molecule has 0 bridgehead atoms. The third kappa shape index (κ3) is 1.99. The van der Waals surface area contributed by atoms with E-state index in [-0.39, 0.29) is 11.7 Å². The molecule has 1 atom stereocenters. The molecule has 1 aliphatic heterocycles. The molecule has 92 valence electrons. The van der Waals surface area contributed by atoms with Crippen LogP contribution >= 0.6 is 11.6 Å². The lowest BCUT2D eigenvalue weighted by atomic mass is 9.97. The van der Waals surface area contributed by atoms with Crippen molar-refractivity contribution in [1.29, 1.82) is 0 Å². The fraction of sp³-hybridized carbons (Fsp3) is 0.462. The van der Waals surface area contributed by atoms with Gasteiger partial charge in [0.15, 0.2) is 5.71 Å². The standard InChI is InChI=1S/C13H17ClN2O/c1-4-11-13(2,3)16(17)12(15-11)9-7-5-6-8-10(9)14/h5-8,12,17H,4H2,1-3H3/p+1/t12-/m0/s1. The predicted molar refractivity (Wildman–Crippen MR) is 68.2 cm³/mol. The maximum Gasteiger partial charge on any atom is 0.257 e. The van der Waals surface area contributed by atoms with E-state index in [9.17, 15) is 5.21 Å². The molecule has 0 aromatic heterocycles. The number of halogens is 1. The lowest BCUT2D eigenvalue weighted by Crippen LogP contribution is -2.73. The first-order valence-electron chi connectivity index (χ1n) is 5.84. The van der Waals surface area contributed by atoms with E-state index in [1.807, 2.05) is 38.1 Å². The van der Waals surface area contributed by atoms with Gasteiger partial charge in [-0.25, -0.2) is 4.99 Å². The maximum absolute atomic E-state index is 10.3. The van der Waals surface area contributed by atoms with Crippen LogP contribution in [0.1, 0.15) is 38.9 Å². The van der Waals surface area contributed by atoms with Crippen LogP contribution in [0.4, 0.5) is 0 Å². The molecule has 0 unspecified atom stereocenters. The minimum atomic E-state index is -0.376. The Morgan fingerprint density at radius 3 is 2.59 bits per heavy atom. The van der Waals surface area contributed by atoms with Gasteiger partial charge in [-0.2, -0.15) is 0 Å². The van der Waals surface area contributed by atoms with E-state index in [4.69, 9.17) is 11.6 Å². The predicted octanol–water partition coefficient (Wildman–Crippen LogP) is 1.75. The summed E-state index contributed by atoms with van der Waals surface area (Å²) in [6, 6.07) is 7.58. The normalized spacial score (nSPS) is 23.8. The van der Waals surface area contributed by atoms with Gasteiger partial charge in [0.1, 0.15) is 5.54 Å². The maximum atomic E-state index is 10.3.